The van der Waals surface area contributed by atoms with Gasteiger partial charge >= 0.3 is 0 Å². The summed E-state index contributed by atoms with van der Waals surface area (Å²) in [4.78, 5) is 15.2. The number of nitrogens with one attached hydrogen (secondary N) is 1. The maximum atomic E-state index is 12.0. The minimum Gasteiger partial charge on any atom is -0.363 e. The summed E-state index contributed by atoms with van der Waals surface area (Å²) < 4.78 is 0. The van der Waals surface area contributed by atoms with Crippen LogP contribution >= 0.6 is 0 Å². The summed E-state index contributed by atoms with van der Waals surface area (Å²) in [6.45, 7) is 0. The summed E-state index contributed by atoms with van der Waals surface area (Å²) in [7, 11) is 0. The first kappa shape index (κ1) is 11.7. The Balaban J connectivity index is 1.96. The van der Waals surface area contributed by atoms with E-state index in [1.807, 2.05) is 24.3 Å². The highest BCUT2D eigenvalue weighted by molar-refractivity contribution is 5.36. The molecule has 1 atom stereocenters. The third kappa shape index (κ3) is 2.06. The highest BCUT2D eigenvalue weighted by atomic mass is 16.1. The second kappa shape index (κ2) is 4.74. The number of hydrogen-bond acceptors (Lipinski definition) is 2. The Morgan fingerprint density at radius 2 is 2.05 bits per heavy atom. The third-order valence-corrected chi connectivity index (χ3v) is 3.86. The molecule has 0 fully saturated rings. The molecule has 1 unspecified atom stereocenters. The number of rotatable bonds is 1. The van der Waals surface area contributed by atoms with Crippen LogP contribution in [0.4, 0.5) is 0 Å². The zero-order chi connectivity index (χ0) is 13.2. The van der Waals surface area contributed by atoms with E-state index >= 15 is 0 Å². The van der Waals surface area contributed by atoms with Crippen molar-refractivity contribution in [1.29, 1.82) is 5.26 Å². The minimum absolute atomic E-state index is 0.0947. The van der Waals surface area contributed by atoms with E-state index in [-0.39, 0.29) is 11.0 Å². The van der Waals surface area contributed by atoms with E-state index in [1.165, 1.54) is 11.8 Å². The number of nitriles is 1. The second-order valence-corrected chi connectivity index (χ2v) is 4.95. The van der Waals surface area contributed by atoms with Crippen LogP contribution in [0.15, 0.2) is 41.3 Å². The third-order valence-electron chi connectivity index (χ3n) is 3.86. The van der Waals surface area contributed by atoms with Crippen molar-refractivity contribution in [2.75, 3.05) is 0 Å². The van der Waals surface area contributed by atoms with Crippen LogP contribution in [0.5, 0.6) is 0 Å². The Morgan fingerprint density at radius 3 is 2.79 bits per heavy atom. The van der Waals surface area contributed by atoms with Crippen LogP contribution in [0.3, 0.4) is 0 Å². The van der Waals surface area contributed by atoms with Crippen LogP contribution in [-0.2, 0) is 12.8 Å². The summed E-state index contributed by atoms with van der Waals surface area (Å²) in [5, 5.41) is 8.88. The molecule has 0 radical (unpaired) electrons. The predicted molar refractivity (Wildman–Crippen MR) is 73.0 cm³/mol. The quantitative estimate of drug-likeness (QED) is 0.845. The highest BCUT2D eigenvalue weighted by Crippen LogP contribution is 2.30. The van der Waals surface area contributed by atoms with Crippen molar-refractivity contribution < 1.29 is 0 Å². The Kier molecular flexibility index (Phi) is 2.92. The molecular formula is C16H14N2O. The highest BCUT2D eigenvalue weighted by Gasteiger charge is 2.23. The van der Waals surface area contributed by atoms with Gasteiger partial charge in [-0.1, -0.05) is 30.3 Å². The smallest absolute Gasteiger partial charge is 0.202 e. The average molecular weight is 250 g/mol. The summed E-state index contributed by atoms with van der Waals surface area (Å²) >= 11 is 0. The largest absolute Gasteiger partial charge is 0.363 e. The second-order valence-electron chi connectivity index (χ2n) is 4.95. The van der Waals surface area contributed by atoms with Crippen LogP contribution in [0.1, 0.15) is 34.7 Å². The fraction of sp³-hybridized carbons (Fsp3) is 0.250. The summed E-state index contributed by atoms with van der Waals surface area (Å²) in [5.74, 6) is 0.456. The van der Waals surface area contributed by atoms with Gasteiger partial charge in [-0.05, 0) is 30.7 Å². The number of aromatic amines is 1. The van der Waals surface area contributed by atoms with Gasteiger partial charge in [0, 0.05) is 17.5 Å². The Labute approximate surface area is 111 Å². The molecule has 0 spiro atoms. The van der Waals surface area contributed by atoms with Gasteiger partial charge in [-0.3, -0.25) is 4.79 Å². The van der Waals surface area contributed by atoms with Crippen molar-refractivity contribution >= 4 is 0 Å². The van der Waals surface area contributed by atoms with Crippen molar-refractivity contribution in [3.05, 3.63) is 69.1 Å². The lowest BCUT2D eigenvalue weighted by Crippen LogP contribution is -2.23. The van der Waals surface area contributed by atoms with Gasteiger partial charge in [0.2, 0.25) is 5.43 Å². The molecule has 1 aromatic carbocycles. The summed E-state index contributed by atoms with van der Waals surface area (Å²) in [6, 6.07) is 12.3. The van der Waals surface area contributed by atoms with E-state index in [0.29, 0.717) is 5.92 Å². The Morgan fingerprint density at radius 1 is 1.26 bits per heavy atom. The van der Waals surface area contributed by atoms with E-state index in [1.54, 1.807) is 0 Å². The SMILES string of the molecule is N#Cc1c[nH]c2c(c1=O)CCC(c1ccccc1)C2. The van der Waals surface area contributed by atoms with Crippen LogP contribution in [0.2, 0.25) is 0 Å². The zero-order valence-electron chi connectivity index (χ0n) is 10.5. The maximum absolute atomic E-state index is 12.0. The lowest BCUT2D eigenvalue weighted by atomic mass is 9.82. The molecule has 1 aromatic heterocycles. The topological polar surface area (TPSA) is 56.6 Å². The first-order valence-electron chi connectivity index (χ1n) is 6.48. The molecule has 3 nitrogen and oxygen atoms in total. The van der Waals surface area contributed by atoms with Gasteiger partial charge in [0.25, 0.3) is 0 Å². The molecular weight excluding hydrogens is 236 g/mol. The molecule has 94 valence electrons. The van der Waals surface area contributed by atoms with Gasteiger partial charge in [-0.2, -0.15) is 5.26 Å². The van der Waals surface area contributed by atoms with Crippen molar-refractivity contribution in [1.82, 2.24) is 4.98 Å². The van der Waals surface area contributed by atoms with Gasteiger partial charge in [0.05, 0.1) is 0 Å². The van der Waals surface area contributed by atoms with Crippen molar-refractivity contribution in [3.8, 4) is 6.07 Å². The molecule has 0 saturated carbocycles. The van der Waals surface area contributed by atoms with Gasteiger partial charge in [0.15, 0.2) is 0 Å². The minimum atomic E-state index is -0.0947. The van der Waals surface area contributed by atoms with E-state index in [9.17, 15) is 4.79 Å². The molecule has 0 aliphatic heterocycles. The van der Waals surface area contributed by atoms with E-state index < -0.39 is 0 Å². The number of hydrogen-bond donors (Lipinski definition) is 1. The molecule has 0 amide bonds. The van der Waals surface area contributed by atoms with Gasteiger partial charge < -0.3 is 4.98 Å². The fourth-order valence-corrected chi connectivity index (χ4v) is 2.82. The van der Waals surface area contributed by atoms with Crippen molar-refractivity contribution in [2.24, 2.45) is 0 Å². The number of aromatic nitrogens is 1. The molecule has 1 N–H and O–H groups in total. The van der Waals surface area contributed by atoms with E-state index in [0.717, 1.165) is 30.5 Å². The Hall–Kier alpha value is -2.34. The lowest BCUT2D eigenvalue weighted by Gasteiger charge is -2.24. The van der Waals surface area contributed by atoms with Crippen LogP contribution < -0.4 is 5.43 Å². The molecule has 2 aromatic rings. The molecule has 3 heteroatoms. The van der Waals surface area contributed by atoms with E-state index in [4.69, 9.17) is 5.26 Å². The van der Waals surface area contributed by atoms with Crippen LogP contribution in [-0.4, -0.2) is 4.98 Å². The molecule has 1 heterocycles. The summed E-state index contributed by atoms with van der Waals surface area (Å²) in [6.07, 6.45) is 4.10. The fourth-order valence-electron chi connectivity index (χ4n) is 2.82. The molecule has 3 rings (SSSR count). The zero-order valence-corrected chi connectivity index (χ0v) is 10.5. The first-order valence-corrected chi connectivity index (χ1v) is 6.48. The van der Waals surface area contributed by atoms with Gasteiger partial charge in [-0.25, -0.2) is 0 Å². The molecule has 0 bridgehead atoms. The maximum Gasteiger partial charge on any atom is 0.202 e. The number of nitrogens with zero attached hydrogens (tertiary/aromatic N) is 1. The lowest BCUT2D eigenvalue weighted by molar-refractivity contribution is 0.570. The first-order chi connectivity index (χ1) is 9.29. The van der Waals surface area contributed by atoms with Crippen LogP contribution in [0, 0.1) is 11.3 Å². The molecule has 0 saturated heterocycles. The Bertz CT molecular complexity index is 695. The number of H-pyrrole nitrogens is 1. The summed E-state index contributed by atoms with van der Waals surface area (Å²) in [5.41, 5.74) is 3.23. The van der Waals surface area contributed by atoms with Crippen molar-refractivity contribution in [2.45, 2.75) is 25.2 Å². The molecule has 1 aliphatic rings. The van der Waals surface area contributed by atoms with Gasteiger partial charge in [-0.15, -0.1) is 0 Å². The number of benzene rings is 1. The average Bonchev–Trinajstić information content (AvgIpc) is 2.48. The normalized spacial score (nSPS) is 17.5. The molecule has 1 aliphatic carbocycles. The van der Waals surface area contributed by atoms with Crippen LogP contribution in [0.25, 0.3) is 0 Å². The standard InChI is InChI=1S/C16H14N2O/c17-9-13-10-18-15-8-12(6-7-14(15)16(13)19)11-4-2-1-3-5-11/h1-5,10,12H,6-8H2,(H,18,19). The monoisotopic (exact) mass is 250 g/mol. The van der Waals surface area contributed by atoms with Gasteiger partial charge in [0.1, 0.15) is 11.6 Å². The molecule has 19 heavy (non-hydrogen) atoms. The van der Waals surface area contributed by atoms with Crippen molar-refractivity contribution in [3.63, 3.8) is 0 Å². The predicted octanol–water partition coefficient (Wildman–Crippen LogP) is 2.52. The van der Waals surface area contributed by atoms with E-state index in [2.05, 4.69) is 17.1 Å². The number of pyridine rings is 1. The number of fused-ring (bicyclic) bond motifs is 1.